The molecule has 6 rings (SSSR count). The van der Waals surface area contributed by atoms with E-state index in [9.17, 15) is 25.9 Å². The summed E-state index contributed by atoms with van der Waals surface area (Å²) in [5, 5.41) is 6.06. The van der Waals surface area contributed by atoms with Crippen LogP contribution in [0.15, 0.2) is 82.7 Å². The second-order valence-corrected chi connectivity index (χ2v) is 15.1. The van der Waals surface area contributed by atoms with Crippen molar-refractivity contribution in [2.45, 2.75) is 24.3 Å². The van der Waals surface area contributed by atoms with Crippen molar-refractivity contribution in [3.8, 4) is 0 Å². The van der Waals surface area contributed by atoms with Gasteiger partial charge in [0.15, 0.2) is 6.54 Å². The molecule has 9 nitrogen and oxygen atoms in total. The zero-order chi connectivity index (χ0) is 28.8. The summed E-state index contributed by atoms with van der Waals surface area (Å²) >= 11 is 3.19. The third kappa shape index (κ3) is 6.32. The van der Waals surface area contributed by atoms with Crippen molar-refractivity contribution in [2.75, 3.05) is 23.0 Å². The molecule has 1 aromatic heterocycles. The van der Waals surface area contributed by atoms with Gasteiger partial charge in [-0.05, 0) is 35.4 Å². The van der Waals surface area contributed by atoms with Gasteiger partial charge in [-0.15, -0.1) is 0 Å². The van der Waals surface area contributed by atoms with Crippen molar-refractivity contribution in [1.82, 2.24) is 0 Å². The second kappa shape index (κ2) is 11.9. The summed E-state index contributed by atoms with van der Waals surface area (Å²) in [6.07, 6.45) is 2.55. The Kier molecular flexibility index (Phi) is 8.63. The maximum Gasteiger partial charge on any atom is 0.265 e. The largest absolute Gasteiger partial charge is 0.870 e. The Morgan fingerprint density at radius 2 is 1.40 bits per heavy atom. The van der Waals surface area contributed by atoms with Crippen LogP contribution in [-0.4, -0.2) is 49.5 Å². The minimum absolute atomic E-state index is 0. The zero-order valence-electron chi connectivity index (χ0n) is 22.3. The van der Waals surface area contributed by atoms with Crippen LogP contribution < -0.4 is 9.47 Å². The van der Waals surface area contributed by atoms with E-state index in [1.165, 1.54) is 0 Å². The van der Waals surface area contributed by atoms with Crippen LogP contribution >= 0.6 is 23.1 Å². The fraction of sp³-hybridized carbons (Fsp3) is 0.207. The van der Waals surface area contributed by atoms with E-state index in [0.717, 1.165) is 52.4 Å². The van der Waals surface area contributed by atoms with Crippen LogP contribution in [0.3, 0.4) is 0 Å². The Bertz CT molecular complexity index is 2060. The third-order valence-corrected chi connectivity index (χ3v) is 10.8. The molecule has 0 saturated carbocycles. The Morgan fingerprint density at radius 3 is 2.12 bits per heavy atom. The number of aryl methyl sites for hydroxylation is 1. The summed E-state index contributed by atoms with van der Waals surface area (Å²) in [6, 6.07) is 24.4. The van der Waals surface area contributed by atoms with Crippen LogP contribution in [0, 0.1) is 0 Å². The van der Waals surface area contributed by atoms with E-state index in [4.69, 9.17) is 0 Å². The Balaban J connectivity index is 0.00000353. The number of benzene rings is 4. The van der Waals surface area contributed by atoms with Crippen LogP contribution in [-0.2, 0) is 26.8 Å². The number of nitrogens with zero attached hydrogens (tertiary/aromatic N) is 2. The average Bonchev–Trinajstić information content (AvgIpc) is 3.45. The summed E-state index contributed by atoms with van der Waals surface area (Å²) in [5.74, 6) is -0.682. The molecule has 5 aromatic rings. The summed E-state index contributed by atoms with van der Waals surface area (Å²) in [4.78, 5) is 3.16. The Hall–Kier alpha value is -3.04. The quantitative estimate of drug-likeness (QED) is 0.150. The van der Waals surface area contributed by atoms with Gasteiger partial charge in [0.25, 0.3) is 25.2 Å². The van der Waals surface area contributed by atoms with E-state index in [1.54, 1.807) is 23.1 Å². The molecule has 0 fully saturated rings. The van der Waals surface area contributed by atoms with Gasteiger partial charge in [0, 0.05) is 23.2 Å². The number of fused-ring (bicyclic) bond motifs is 6. The van der Waals surface area contributed by atoms with Crippen molar-refractivity contribution in [2.24, 2.45) is 0 Å². The molecule has 0 atom stereocenters. The lowest BCUT2D eigenvalue weighted by molar-refractivity contribution is -0.667. The van der Waals surface area contributed by atoms with E-state index in [0.29, 0.717) is 13.1 Å². The first-order valence-corrected chi connectivity index (χ1v) is 17.9. The molecular formula is C29H28N2O7S4. The Morgan fingerprint density at radius 1 is 0.786 bits per heavy atom. The molecule has 0 unspecified atom stereocenters. The first-order valence-electron chi connectivity index (χ1n) is 13.0. The van der Waals surface area contributed by atoms with E-state index < -0.39 is 20.2 Å². The average molecular weight is 645 g/mol. The van der Waals surface area contributed by atoms with Crippen molar-refractivity contribution >= 4 is 86.9 Å². The molecule has 0 bridgehead atoms. The molecule has 0 saturated heterocycles. The normalized spacial score (nSPS) is 14.6. The molecule has 2 heterocycles. The number of hydrogen-bond acceptors (Lipinski definition) is 8. The molecule has 220 valence electrons. The van der Waals surface area contributed by atoms with Crippen molar-refractivity contribution in [3.05, 3.63) is 82.8 Å². The summed E-state index contributed by atoms with van der Waals surface area (Å²) < 4.78 is 68.0. The number of thiazole rings is 1. The topological polar surface area (TPSA) is 146 Å². The SMILES string of the molecule is O=S(=O)(O)CCCN1C(=Cc2sc3ccc4ccccc4c3[n+]2CCCS(=O)(=O)O)Sc2ccc3ccccc3c21.[OH-]. The highest BCUT2D eigenvalue weighted by atomic mass is 32.2. The van der Waals surface area contributed by atoms with Gasteiger partial charge in [-0.1, -0.05) is 77.7 Å². The molecule has 0 amide bonds. The molecule has 42 heavy (non-hydrogen) atoms. The van der Waals surface area contributed by atoms with Gasteiger partial charge in [0.2, 0.25) is 5.52 Å². The lowest BCUT2D eigenvalue weighted by Gasteiger charge is -2.21. The molecule has 1 aliphatic heterocycles. The summed E-state index contributed by atoms with van der Waals surface area (Å²) in [7, 11) is -8.21. The maximum absolute atomic E-state index is 11.5. The van der Waals surface area contributed by atoms with E-state index in [1.807, 2.05) is 36.4 Å². The molecule has 0 spiro atoms. The van der Waals surface area contributed by atoms with Crippen molar-refractivity contribution in [3.63, 3.8) is 0 Å². The number of aromatic nitrogens is 1. The van der Waals surface area contributed by atoms with Crippen molar-refractivity contribution < 1.29 is 36.0 Å². The standard InChI is InChI=1S/C29H26N2O6S4.H2O/c32-40(33,34)17-5-15-30-26(38-24-13-11-20-7-1-3-9-22(20)28(24)30)19-27-31(16-6-18-41(35,36)37)29-23-10-4-2-8-21(23)12-14-25(29)39-27;/h1-4,7-14,19H,5-6,15-18H2,(H-,32,33,34,35,36,37);1H2. The van der Waals surface area contributed by atoms with Gasteiger partial charge < -0.3 is 10.4 Å². The second-order valence-electron chi connectivity index (χ2n) is 9.87. The summed E-state index contributed by atoms with van der Waals surface area (Å²) in [6.45, 7) is 0.770. The fourth-order valence-corrected chi connectivity index (χ4v) is 8.67. The maximum atomic E-state index is 11.5. The van der Waals surface area contributed by atoms with E-state index in [2.05, 4.69) is 51.9 Å². The van der Waals surface area contributed by atoms with Crippen LogP contribution in [0.25, 0.3) is 37.8 Å². The number of rotatable bonds is 9. The highest BCUT2D eigenvalue weighted by Crippen LogP contribution is 2.50. The predicted octanol–water partition coefficient (Wildman–Crippen LogP) is 5.78. The minimum atomic E-state index is -4.10. The number of hydrogen-bond donors (Lipinski definition) is 2. The van der Waals surface area contributed by atoms with E-state index >= 15 is 0 Å². The molecule has 0 aliphatic carbocycles. The van der Waals surface area contributed by atoms with Gasteiger partial charge in [0.05, 0.1) is 33.7 Å². The number of thioether (sulfide) groups is 1. The van der Waals surface area contributed by atoms with Gasteiger partial charge in [0.1, 0.15) is 4.70 Å². The lowest BCUT2D eigenvalue weighted by Crippen LogP contribution is -2.36. The predicted molar refractivity (Wildman–Crippen MR) is 169 cm³/mol. The smallest absolute Gasteiger partial charge is 0.265 e. The van der Waals surface area contributed by atoms with E-state index in [-0.39, 0.29) is 29.8 Å². The molecule has 3 N–H and O–H groups in total. The van der Waals surface area contributed by atoms with Crippen LogP contribution in [0.2, 0.25) is 0 Å². The Labute approximate surface area is 251 Å². The monoisotopic (exact) mass is 644 g/mol. The van der Waals surface area contributed by atoms with Gasteiger partial charge >= 0.3 is 0 Å². The minimum Gasteiger partial charge on any atom is -0.870 e. The first kappa shape index (κ1) is 30.4. The number of anilines is 1. The highest BCUT2D eigenvalue weighted by molar-refractivity contribution is 8.04. The summed E-state index contributed by atoms with van der Waals surface area (Å²) in [5.41, 5.74) is 2.00. The van der Waals surface area contributed by atoms with Crippen LogP contribution in [0.5, 0.6) is 0 Å². The van der Waals surface area contributed by atoms with Gasteiger partial charge in [-0.25, -0.2) is 0 Å². The molecule has 1 aliphatic rings. The fourth-order valence-electron chi connectivity index (χ4n) is 5.32. The first-order chi connectivity index (χ1) is 19.6. The highest BCUT2D eigenvalue weighted by Gasteiger charge is 2.30. The van der Waals surface area contributed by atoms with Crippen molar-refractivity contribution in [1.29, 1.82) is 0 Å². The van der Waals surface area contributed by atoms with Gasteiger partial charge in [-0.2, -0.15) is 21.4 Å². The molecular weight excluding hydrogens is 617 g/mol. The molecule has 0 radical (unpaired) electrons. The van der Waals surface area contributed by atoms with Crippen LogP contribution in [0.1, 0.15) is 17.8 Å². The third-order valence-electron chi connectivity index (χ3n) is 7.04. The zero-order valence-corrected chi connectivity index (χ0v) is 25.5. The molecule has 13 heteroatoms. The van der Waals surface area contributed by atoms with Gasteiger partial charge in [-0.3, -0.25) is 9.11 Å². The lowest BCUT2D eigenvalue weighted by atomic mass is 10.1. The van der Waals surface area contributed by atoms with Crippen LogP contribution in [0.4, 0.5) is 5.69 Å². The molecule has 4 aromatic carbocycles.